The third kappa shape index (κ3) is 3.37. The first-order valence-electron chi connectivity index (χ1n) is 7.02. The molecule has 2 aromatic carbocycles. The summed E-state index contributed by atoms with van der Waals surface area (Å²) in [5, 5.41) is 10.6. The predicted octanol–water partition coefficient (Wildman–Crippen LogP) is 3.60. The van der Waals surface area contributed by atoms with Gasteiger partial charge in [-0.1, -0.05) is 24.3 Å². The fraction of sp³-hybridized carbons (Fsp3) is 0.333. The molecule has 0 amide bonds. The molecular formula is C18H22O3. The smallest absolute Gasteiger partial charge is 0.161 e. The number of benzene rings is 2. The largest absolute Gasteiger partial charge is 0.493 e. The Balaban J connectivity index is 2.31. The number of aliphatic hydroxyl groups excluding tert-OH is 1. The van der Waals surface area contributed by atoms with Crippen LogP contribution in [-0.4, -0.2) is 19.3 Å². The molecule has 1 atom stereocenters. The molecule has 1 N–H and O–H groups in total. The fourth-order valence-electron chi connectivity index (χ4n) is 2.51. The van der Waals surface area contributed by atoms with E-state index in [4.69, 9.17) is 9.47 Å². The van der Waals surface area contributed by atoms with Crippen LogP contribution in [0, 0.1) is 13.8 Å². The van der Waals surface area contributed by atoms with Crippen LogP contribution in [0.2, 0.25) is 0 Å². The van der Waals surface area contributed by atoms with Gasteiger partial charge < -0.3 is 14.6 Å². The van der Waals surface area contributed by atoms with Gasteiger partial charge in [-0.15, -0.1) is 0 Å². The molecule has 0 spiro atoms. The number of methoxy groups -OCH3 is 2. The molecule has 0 saturated carbocycles. The van der Waals surface area contributed by atoms with E-state index in [2.05, 4.69) is 19.1 Å². The van der Waals surface area contributed by atoms with Crippen LogP contribution < -0.4 is 9.47 Å². The van der Waals surface area contributed by atoms with Gasteiger partial charge in [0.2, 0.25) is 0 Å². The number of ether oxygens (including phenoxy) is 2. The van der Waals surface area contributed by atoms with Crippen molar-refractivity contribution >= 4 is 0 Å². The molecule has 0 heterocycles. The average molecular weight is 286 g/mol. The van der Waals surface area contributed by atoms with Crippen molar-refractivity contribution in [3.05, 3.63) is 58.7 Å². The van der Waals surface area contributed by atoms with E-state index in [-0.39, 0.29) is 0 Å². The van der Waals surface area contributed by atoms with Crippen molar-refractivity contribution in [2.75, 3.05) is 14.2 Å². The molecule has 0 radical (unpaired) electrons. The summed E-state index contributed by atoms with van der Waals surface area (Å²) in [6.45, 7) is 4.03. The SMILES string of the molecule is COc1cc(C)c(C(O)Cc2ccccc2C)cc1OC. The lowest BCUT2D eigenvalue weighted by atomic mass is 9.95. The van der Waals surface area contributed by atoms with Crippen molar-refractivity contribution in [3.63, 3.8) is 0 Å². The molecule has 0 aromatic heterocycles. The first-order valence-corrected chi connectivity index (χ1v) is 7.02. The van der Waals surface area contributed by atoms with Gasteiger partial charge in [0.15, 0.2) is 11.5 Å². The van der Waals surface area contributed by atoms with Gasteiger partial charge in [0, 0.05) is 6.42 Å². The van der Waals surface area contributed by atoms with Gasteiger partial charge in [-0.2, -0.15) is 0 Å². The molecule has 3 heteroatoms. The Morgan fingerprint density at radius 3 is 2.19 bits per heavy atom. The molecule has 0 bridgehead atoms. The summed E-state index contributed by atoms with van der Waals surface area (Å²) in [7, 11) is 3.21. The Kier molecular flexibility index (Phi) is 4.86. The molecule has 0 aliphatic rings. The fourth-order valence-corrected chi connectivity index (χ4v) is 2.51. The zero-order valence-electron chi connectivity index (χ0n) is 13.0. The minimum atomic E-state index is -0.564. The van der Waals surface area contributed by atoms with Crippen LogP contribution >= 0.6 is 0 Å². The van der Waals surface area contributed by atoms with Crippen LogP contribution in [-0.2, 0) is 6.42 Å². The molecule has 1 unspecified atom stereocenters. The molecule has 0 aliphatic carbocycles. The normalized spacial score (nSPS) is 12.0. The number of hydrogen-bond acceptors (Lipinski definition) is 3. The van der Waals surface area contributed by atoms with Gasteiger partial charge in [0.05, 0.1) is 20.3 Å². The van der Waals surface area contributed by atoms with E-state index in [1.54, 1.807) is 14.2 Å². The highest BCUT2D eigenvalue weighted by atomic mass is 16.5. The van der Waals surface area contributed by atoms with Crippen molar-refractivity contribution in [1.29, 1.82) is 0 Å². The molecule has 2 rings (SSSR count). The van der Waals surface area contributed by atoms with E-state index in [1.807, 2.05) is 31.2 Å². The maximum absolute atomic E-state index is 10.6. The highest BCUT2D eigenvalue weighted by Gasteiger charge is 2.16. The molecule has 3 nitrogen and oxygen atoms in total. The van der Waals surface area contributed by atoms with Crippen LogP contribution in [0.15, 0.2) is 36.4 Å². The summed E-state index contributed by atoms with van der Waals surface area (Å²) in [6, 6.07) is 11.9. The third-order valence-corrected chi connectivity index (χ3v) is 3.81. The Bertz CT molecular complexity index is 620. The van der Waals surface area contributed by atoms with Gasteiger partial charge in [-0.05, 0) is 48.2 Å². The van der Waals surface area contributed by atoms with E-state index in [0.717, 1.165) is 16.7 Å². The first kappa shape index (κ1) is 15.4. The van der Waals surface area contributed by atoms with Crippen molar-refractivity contribution in [2.45, 2.75) is 26.4 Å². The summed E-state index contributed by atoms with van der Waals surface area (Å²) in [6.07, 6.45) is 0.0223. The zero-order valence-corrected chi connectivity index (χ0v) is 13.0. The second-order valence-corrected chi connectivity index (χ2v) is 5.21. The molecule has 0 aliphatic heterocycles. The number of aliphatic hydroxyl groups is 1. The summed E-state index contributed by atoms with van der Waals surface area (Å²) < 4.78 is 10.6. The molecule has 0 fully saturated rings. The summed E-state index contributed by atoms with van der Waals surface area (Å²) >= 11 is 0. The predicted molar refractivity (Wildman–Crippen MR) is 84.1 cm³/mol. The minimum Gasteiger partial charge on any atom is -0.493 e. The lowest BCUT2D eigenvalue weighted by molar-refractivity contribution is 0.177. The monoisotopic (exact) mass is 286 g/mol. The Labute approximate surface area is 126 Å². The second-order valence-electron chi connectivity index (χ2n) is 5.21. The van der Waals surface area contributed by atoms with Crippen molar-refractivity contribution in [2.24, 2.45) is 0 Å². The minimum absolute atomic E-state index is 0.564. The van der Waals surface area contributed by atoms with Crippen LogP contribution in [0.1, 0.15) is 28.4 Å². The summed E-state index contributed by atoms with van der Waals surface area (Å²) in [5.41, 5.74) is 4.21. The van der Waals surface area contributed by atoms with E-state index in [0.29, 0.717) is 17.9 Å². The van der Waals surface area contributed by atoms with Crippen molar-refractivity contribution < 1.29 is 14.6 Å². The lowest BCUT2D eigenvalue weighted by Crippen LogP contribution is -2.06. The Morgan fingerprint density at radius 2 is 1.57 bits per heavy atom. The topological polar surface area (TPSA) is 38.7 Å². The summed E-state index contributed by atoms with van der Waals surface area (Å²) in [4.78, 5) is 0. The number of aryl methyl sites for hydroxylation is 2. The quantitative estimate of drug-likeness (QED) is 0.912. The second kappa shape index (κ2) is 6.64. The Morgan fingerprint density at radius 1 is 0.952 bits per heavy atom. The average Bonchev–Trinajstić information content (AvgIpc) is 2.49. The maximum atomic E-state index is 10.6. The van der Waals surface area contributed by atoms with E-state index < -0.39 is 6.10 Å². The highest BCUT2D eigenvalue weighted by Crippen LogP contribution is 2.34. The van der Waals surface area contributed by atoms with Gasteiger partial charge in [-0.3, -0.25) is 0 Å². The van der Waals surface area contributed by atoms with Crippen LogP contribution in [0.25, 0.3) is 0 Å². The van der Waals surface area contributed by atoms with Gasteiger partial charge in [0.1, 0.15) is 0 Å². The third-order valence-electron chi connectivity index (χ3n) is 3.81. The maximum Gasteiger partial charge on any atom is 0.161 e. The molecule has 2 aromatic rings. The van der Waals surface area contributed by atoms with Crippen molar-refractivity contribution in [3.8, 4) is 11.5 Å². The molecule has 21 heavy (non-hydrogen) atoms. The zero-order chi connectivity index (χ0) is 15.4. The number of rotatable bonds is 5. The molecule has 112 valence electrons. The molecular weight excluding hydrogens is 264 g/mol. The lowest BCUT2D eigenvalue weighted by Gasteiger charge is -2.18. The van der Waals surface area contributed by atoms with E-state index >= 15 is 0 Å². The highest BCUT2D eigenvalue weighted by molar-refractivity contribution is 5.48. The van der Waals surface area contributed by atoms with Crippen LogP contribution in [0.5, 0.6) is 11.5 Å². The van der Waals surface area contributed by atoms with Gasteiger partial charge in [0.25, 0.3) is 0 Å². The van der Waals surface area contributed by atoms with Gasteiger partial charge in [-0.25, -0.2) is 0 Å². The summed E-state index contributed by atoms with van der Waals surface area (Å²) in [5.74, 6) is 1.32. The number of hydrogen-bond donors (Lipinski definition) is 1. The van der Waals surface area contributed by atoms with E-state index in [9.17, 15) is 5.11 Å². The van der Waals surface area contributed by atoms with Crippen LogP contribution in [0.3, 0.4) is 0 Å². The van der Waals surface area contributed by atoms with Gasteiger partial charge >= 0.3 is 0 Å². The molecule has 0 saturated heterocycles. The van der Waals surface area contributed by atoms with Crippen LogP contribution in [0.4, 0.5) is 0 Å². The standard InChI is InChI=1S/C18H22O3/c1-12-7-5-6-8-14(12)10-16(19)15-11-18(21-4)17(20-3)9-13(15)2/h5-9,11,16,19H,10H2,1-4H3. The van der Waals surface area contributed by atoms with Crippen molar-refractivity contribution in [1.82, 2.24) is 0 Å². The Hall–Kier alpha value is -2.00. The first-order chi connectivity index (χ1) is 10.1. The van der Waals surface area contributed by atoms with E-state index in [1.165, 1.54) is 5.56 Å².